The van der Waals surface area contributed by atoms with Crippen LogP contribution in [0.1, 0.15) is 25.3 Å². The van der Waals surface area contributed by atoms with Gasteiger partial charge in [-0.15, -0.1) is 0 Å². The van der Waals surface area contributed by atoms with E-state index in [1.807, 2.05) is 12.1 Å². The average molecular weight is 298 g/mol. The lowest BCUT2D eigenvalue weighted by Crippen LogP contribution is -2.34. The molecule has 1 rings (SSSR count). The number of nitrogens with zero attached hydrogens (tertiary/aromatic N) is 2. The molecule has 0 aliphatic rings. The topological polar surface area (TPSA) is 93.8 Å². The Bertz CT molecular complexity index is 644. The van der Waals surface area contributed by atoms with Crippen molar-refractivity contribution in [2.45, 2.75) is 30.7 Å². The van der Waals surface area contributed by atoms with E-state index in [0.717, 1.165) is 0 Å². The second-order valence-electron chi connectivity index (χ2n) is 3.84. The Morgan fingerprint density at radius 1 is 1.42 bits per heavy atom. The predicted molar refractivity (Wildman–Crippen MR) is 70.8 cm³/mol. The number of sulfonamides is 1. The lowest BCUT2D eigenvalue weighted by atomic mass is 10.2. The molecule has 0 saturated carbocycles. The van der Waals surface area contributed by atoms with Crippen molar-refractivity contribution in [3.63, 3.8) is 0 Å². The van der Waals surface area contributed by atoms with E-state index < -0.39 is 16.1 Å². The van der Waals surface area contributed by atoms with Crippen LogP contribution in [-0.4, -0.2) is 14.5 Å². The third-order valence-corrected chi connectivity index (χ3v) is 4.35. The molecule has 7 heteroatoms. The van der Waals surface area contributed by atoms with E-state index in [1.165, 1.54) is 18.2 Å². The first-order chi connectivity index (χ1) is 8.94. The minimum atomic E-state index is -3.74. The highest BCUT2D eigenvalue weighted by Gasteiger charge is 2.19. The van der Waals surface area contributed by atoms with Crippen LogP contribution < -0.4 is 4.72 Å². The lowest BCUT2D eigenvalue weighted by Gasteiger charge is -2.14. The largest absolute Gasteiger partial charge is 0.240 e. The van der Waals surface area contributed by atoms with Gasteiger partial charge in [0.15, 0.2) is 0 Å². The molecule has 19 heavy (non-hydrogen) atoms. The molecule has 5 nitrogen and oxygen atoms in total. The van der Waals surface area contributed by atoms with Crippen LogP contribution in [-0.2, 0) is 10.0 Å². The molecule has 0 aromatic heterocycles. The van der Waals surface area contributed by atoms with Crippen LogP contribution in [0.25, 0.3) is 0 Å². The van der Waals surface area contributed by atoms with E-state index in [-0.39, 0.29) is 21.9 Å². The van der Waals surface area contributed by atoms with Crippen LogP contribution in [0, 0.1) is 22.7 Å². The molecule has 1 aromatic carbocycles. The van der Waals surface area contributed by atoms with Gasteiger partial charge in [-0.25, -0.2) is 13.1 Å². The van der Waals surface area contributed by atoms with Crippen molar-refractivity contribution >= 4 is 21.6 Å². The monoisotopic (exact) mass is 297 g/mol. The van der Waals surface area contributed by atoms with Gasteiger partial charge in [0.1, 0.15) is 6.07 Å². The van der Waals surface area contributed by atoms with E-state index in [1.54, 1.807) is 6.92 Å². The molecule has 0 aliphatic carbocycles. The summed E-state index contributed by atoms with van der Waals surface area (Å²) in [5.41, 5.74) is 0.213. The van der Waals surface area contributed by atoms with Gasteiger partial charge in [-0.1, -0.05) is 18.5 Å². The van der Waals surface area contributed by atoms with E-state index in [0.29, 0.717) is 6.42 Å². The van der Waals surface area contributed by atoms with Gasteiger partial charge < -0.3 is 0 Å². The van der Waals surface area contributed by atoms with Crippen molar-refractivity contribution < 1.29 is 8.42 Å². The van der Waals surface area contributed by atoms with Crippen molar-refractivity contribution in [3.8, 4) is 12.1 Å². The van der Waals surface area contributed by atoms with Gasteiger partial charge in [0.2, 0.25) is 10.0 Å². The minimum Gasteiger partial charge on any atom is -0.207 e. The number of rotatable bonds is 5. The maximum Gasteiger partial charge on any atom is 0.240 e. The Kier molecular flexibility index (Phi) is 5.31. The summed E-state index contributed by atoms with van der Waals surface area (Å²) < 4.78 is 26.6. The van der Waals surface area contributed by atoms with Gasteiger partial charge in [0.25, 0.3) is 0 Å². The quantitative estimate of drug-likeness (QED) is 0.901. The van der Waals surface area contributed by atoms with Crippen LogP contribution in [0.4, 0.5) is 0 Å². The molecule has 100 valence electrons. The first-order valence-corrected chi connectivity index (χ1v) is 7.39. The Morgan fingerprint density at radius 3 is 2.58 bits per heavy atom. The number of nitrogens with one attached hydrogen (secondary N) is 1. The van der Waals surface area contributed by atoms with Crippen LogP contribution in [0.5, 0.6) is 0 Å². The van der Waals surface area contributed by atoms with E-state index in [2.05, 4.69) is 4.72 Å². The van der Waals surface area contributed by atoms with E-state index in [9.17, 15) is 8.42 Å². The Hall–Kier alpha value is -1.60. The molecule has 1 atom stereocenters. The lowest BCUT2D eigenvalue weighted by molar-refractivity contribution is 0.543. The Morgan fingerprint density at radius 2 is 2.11 bits per heavy atom. The van der Waals surface area contributed by atoms with Gasteiger partial charge in [-0.3, -0.25) is 0 Å². The van der Waals surface area contributed by atoms with Gasteiger partial charge in [-0.05, 0) is 24.6 Å². The third kappa shape index (κ3) is 3.93. The zero-order valence-electron chi connectivity index (χ0n) is 10.2. The summed E-state index contributed by atoms with van der Waals surface area (Å²) in [7, 11) is -3.74. The molecule has 0 aliphatic heterocycles. The summed E-state index contributed by atoms with van der Waals surface area (Å²) in [5, 5.41) is 17.4. The van der Waals surface area contributed by atoms with Crippen LogP contribution in [0.3, 0.4) is 0 Å². The summed E-state index contributed by atoms with van der Waals surface area (Å²) in [5.74, 6) is 0. The molecule has 1 unspecified atom stereocenters. The molecular formula is C12H12ClN3O2S. The van der Waals surface area contributed by atoms with Gasteiger partial charge in [0, 0.05) is 6.04 Å². The average Bonchev–Trinajstić information content (AvgIpc) is 2.37. The Labute approximate surface area is 117 Å². The number of hydrogen-bond acceptors (Lipinski definition) is 4. The van der Waals surface area contributed by atoms with Crippen molar-refractivity contribution in [1.29, 1.82) is 10.5 Å². The summed E-state index contributed by atoms with van der Waals surface area (Å²) in [4.78, 5) is -0.0205. The maximum absolute atomic E-state index is 12.1. The molecule has 0 bridgehead atoms. The van der Waals surface area contributed by atoms with E-state index >= 15 is 0 Å². The van der Waals surface area contributed by atoms with Crippen molar-refractivity contribution in [3.05, 3.63) is 28.8 Å². The highest BCUT2D eigenvalue weighted by Crippen LogP contribution is 2.20. The third-order valence-electron chi connectivity index (χ3n) is 2.52. The summed E-state index contributed by atoms with van der Waals surface area (Å²) in [6.45, 7) is 1.79. The molecule has 1 N–H and O–H groups in total. The molecular weight excluding hydrogens is 286 g/mol. The smallest absolute Gasteiger partial charge is 0.207 e. The second-order valence-corrected chi connectivity index (χ2v) is 5.96. The highest BCUT2D eigenvalue weighted by molar-refractivity contribution is 7.89. The predicted octanol–water partition coefficient (Wildman–Crippen LogP) is 2.18. The number of benzene rings is 1. The highest BCUT2D eigenvalue weighted by atomic mass is 35.5. The fourth-order valence-corrected chi connectivity index (χ4v) is 3.05. The minimum absolute atomic E-state index is 0.0205. The van der Waals surface area contributed by atoms with E-state index in [4.69, 9.17) is 22.1 Å². The van der Waals surface area contributed by atoms with Crippen LogP contribution >= 0.6 is 11.6 Å². The van der Waals surface area contributed by atoms with Crippen LogP contribution in [0.2, 0.25) is 5.02 Å². The number of nitriles is 2. The molecule has 0 heterocycles. The number of halogens is 1. The molecule has 0 amide bonds. The number of hydrogen-bond donors (Lipinski definition) is 1. The van der Waals surface area contributed by atoms with Gasteiger partial charge in [-0.2, -0.15) is 10.5 Å². The van der Waals surface area contributed by atoms with Gasteiger partial charge in [0.05, 0.1) is 28.0 Å². The SMILES string of the molecule is CCC(CC#N)NS(=O)(=O)c1ccc(C#N)c(Cl)c1. The molecule has 0 saturated heterocycles. The van der Waals surface area contributed by atoms with Crippen molar-refractivity contribution in [2.24, 2.45) is 0 Å². The zero-order valence-corrected chi connectivity index (χ0v) is 11.8. The molecule has 0 spiro atoms. The second kappa shape index (κ2) is 6.53. The fourth-order valence-electron chi connectivity index (χ4n) is 1.42. The Balaban J connectivity index is 3.05. The molecule has 0 radical (unpaired) electrons. The maximum atomic E-state index is 12.1. The normalized spacial score (nSPS) is 12.4. The summed E-state index contributed by atoms with van der Waals surface area (Å²) in [6.07, 6.45) is 0.608. The van der Waals surface area contributed by atoms with Gasteiger partial charge >= 0.3 is 0 Å². The summed E-state index contributed by atoms with van der Waals surface area (Å²) in [6, 6.07) is 7.23. The molecule has 0 fully saturated rings. The van der Waals surface area contributed by atoms with Crippen molar-refractivity contribution in [2.75, 3.05) is 0 Å². The van der Waals surface area contributed by atoms with Crippen molar-refractivity contribution in [1.82, 2.24) is 4.72 Å². The zero-order chi connectivity index (χ0) is 14.5. The molecule has 1 aromatic rings. The first-order valence-electron chi connectivity index (χ1n) is 5.53. The standard InChI is InChI=1S/C12H12ClN3O2S/c1-2-10(5-6-14)16-19(17,18)11-4-3-9(8-15)12(13)7-11/h3-4,7,10,16H,2,5H2,1H3. The fraction of sp³-hybridized carbons (Fsp3) is 0.333. The van der Waals surface area contributed by atoms with Crippen LogP contribution in [0.15, 0.2) is 23.1 Å². The first kappa shape index (κ1) is 15.5. The summed E-state index contributed by atoms with van der Waals surface area (Å²) >= 11 is 5.80.